The lowest BCUT2D eigenvalue weighted by Crippen LogP contribution is -2.41. The first kappa shape index (κ1) is 17.7. The van der Waals surface area contributed by atoms with Crippen molar-refractivity contribution < 1.29 is 19.1 Å². The molecule has 1 amide bonds. The van der Waals surface area contributed by atoms with Gasteiger partial charge in [0, 0.05) is 11.6 Å². The minimum absolute atomic E-state index is 0.212. The van der Waals surface area contributed by atoms with Crippen LogP contribution >= 0.6 is 35.6 Å². The van der Waals surface area contributed by atoms with Crippen LogP contribution in [-0.4, -0.2) is 32.2 Å². The molecule has 0 unspecified atom stereocenters. The van der Waals surface area contributed by atoms with Gasteiger partial charge in [-0.15, -0.1) is 0 Å². The summed E-state index contributed by atoms with van der Waals surface area (Å²) in [6.07, 6.45) is 1.55. The first-order valence-corrected chi connectivity index (χ1v) is 8.83. The molecule has 0 aliphatic carbocycles. The maximum absolute atomic E-state index is 12.4. The average molecular weight is 394 g/mol. The number of carboxylic acids is 1. The van der Waals surface area contributed by atoms with Gasteiger partial charge in [0.05, 0.1) is 9.93 Å². The van der Waals surface area contributed by atoms with E-state index in [2.05, 4.69) is 0 Å². The number of carboxylic acid groups (broad SMARTS) is 1. The van der Waals surface area contributed by atoms with E-state index in [0.29, 0.717) is 21.4 Å². The average Bonchev–Trinajstić information content (AvgIpc) is 3.13. The standard InChI is InChI=1S/C17H12ClNO4S2/c1-9(16(21)22)19-15(20)14(25-17(19)24)8-10-6-7-13(23-10)11-4-2-3-5-12(11)18/h2-9H,1H3,(H,21,22)/b14-8+/t9-/m1/s1. The number of hydrogen-bond donors (Lipinski definition) is 1. The van der Waals surface area contributed by atoms with Gasteiger partial charge in [0.2, 0.25) is 0 Å². The molecule has 0 radical (unpaired) electrons. The third-order valence-electron chi connectivity index (χ3n) is 3.61. The fourth-order valence-corrected chi connectivity index (χ4v) is 3.92. The van der Waals surface area contributed by atoms with Crippen LogP contribution in [0.3, 0.4) is 0 Å². The lowest BCUT2D eigenvalue weighted by Gasteiger charge is -2.18. The van der Waals surface area contributed by atoms with E-state index in [4.69, 9.17) is 33.3 Å². The number of thioether (sulfide) groups is 1. The second-order valence-electron chi connectivity index (χ2n) is 5.25. The lowest BCUT2D eigenvalue weighted by molar-refractivity contribution is -0.144. The summed E-state index contributed by atoms with van der Waals surface area (Å²) in [7, 11) is 0. The molecule has 2 heterocycles. The number of hydrogen-bond acceptors (Lipinski definition) is 5. The fourth-order valence-electron chi connectivity index (χ4n) is 2.29. The summed E-state index contributed by atoms with van der Waals surface area (Å²) in [5.74, 6) is -0.526. The summed E-state index contributed by atoms with van der Waals surface area (Å²) in [5, 5.41) is 9.66. The van der Waals surface area contributed by atoms with Crippen LogP contribution in [0.15, 0.2) is 45.7 Å². The monoisotopic (exact) mass is 393 g/mol. The summed E-state index contributed by atoms with van der Waals surface area (Å²) in [6, 6.07) is 9.72. The largest absolute Gasteiger partial charge is 0.480 e. The van der Waals surface area contributed by atoms with Crippen molar-refractivity contribution in [3.05, 3.63) is 52.1 Å². The van der Waals surface area contributed by atoms with Crippen molar-refractivity contribution in [3.8, 4) is 11.3 Å². The number of furan rings is 1. The Kier molecular flexibility index (Phi) is 4.99. The normalized spacial score (nSPS) is 17.4. The Morgan fingerprint density at radius 1 is 1.36 bits per heavy atom. The third kappa shape index (κ3) is 3.49. The van der Waals surface area contributed by atoms with Gasteiger partial charge in [-0.2, -0.15) is 0 Å². The molecular formula is C17H12ClNO4S2. The molecule has 0 bridgehead atoms. The molecule has 1 aliphatic rings. The van der Waals surface area contributed by atoms with Crippen molar-refractivity contribution in [2.24, 2.45) is 0 Å². The van der Waals surface area contributed by atoms with E-state index < -0.39 is 17.9 Å². The Bertz CT molecular complexity index is 906. The first-order valence-electron chi connectivity index (χ1n) is 7.23. The maximum Gasteiger partial charge on any atom is 0.326 e. The summed E-state index contributed by atoms with van der Waals surface area (Å²) < 4.78 is 5.95. The predicted molar refractivity (Wildman–Crippen MR) is 101 cm³/mol. The molecule has 2 aromatic rings. The quantitative estimate of drug-likeness (QED) is 0.617. The molecule has 1 N–H and O–H groups in total. The van der Waals surface area contributed by atoms with Crippen LogP contribution < -0.4 is 0 Å². The van der Waals surface area contributed by atoms with E-state index in [1.165, 1.54) is 6.92 Å². The lowest BCUT2D eigenvalue weighted by atomic mass is 10.2. The zero-order chi connectivity index (χ0) is 18.1. The predicted octanol–water partition coefficient (Wildman–Crippen LogP) is 4.27. The van der Waals surface area contributed by atoms with E-state index >= 15 is 0 Å². The van der Waals surface area contributed by atoms with Crippen molar-refractivity contribution in [3.63, 3.8) is 0 Å². The van der Waals surface area contributed by atoms with Gasteiger partial charge < -0.3 is 9.52 Å². The van der Waals surface area contributed by atoms with Crippen molar-refractivity contribution in [2.75, 3.05) is 0 Å². The zero-order valence-corrected chi connectivity index (χ0v) is 15.3. The van der Waals surface area contributed by atoms with Gasteiger partial charge in [-0.1, -0.05) is 47.7 Å². The third-order valence-corrected chi connectivity index (χ3v) is 5.27. The highest BCUT2D eigenvalue weighted by Gasteiger charge is 2.38. The second-order valence-corrected chi connectivity index (χ2v) is 7.33. The minimum atomic E-state index is -1.11. The summed E-state index contributed by atoms with van der Waals surface area (Å²) in [5.41, 5.74) is 0.746. The van der Waals surface area contributed by atoms with E-state index in [1.54, 1.807) is 24.3 Å². The molecule has 1 aliphatic heterocycles. The smallest absolute Gasteiger partial charge is 0.326 e. The second kappa shape index (κ2) is 7.03. The van der Waals surface area contributed by atoms with Crippen LogP contribution in [0.25, 0.3) is 17.4 Å². The Morgan fingerprint density at radius 2 is 2.08 bits per heavy atom. The molecule has 1 aromatic carbocycles. The van der Waals surface area contributed by atoms with Gasteiger partial charge in [0.15, 0.2) is 0 Å². The number of rotatable bonds is 4. The number of nitrogens with zero attached hydrogens (tertiary/aromatic N) is 1. The number of carbonyl (C=O) groups is 2. The van der Waals surface area contributed by atoms with Gasteiger partial charge in [-0.3, -0.25) is 9.69 Å². The number of aliphatic carboxylic acids is 1. The van der Waals surface area contributed by atoms with Crippen LogP contribution in [0.1, 0.15) is 12.7 Å². The molecule has 8 heteroatoms. The highest BCUT2D eigenvalue weighted by atomic mass is 35.5. The van der Waals surface area contributed by atoms with Gasteiger partial charge in [-0.05, 0) is 31.2 Å². The molecule has 1 aromatic heterocycles. The van der Waals surface area contributed by atoms with Crippen molar-refractivity contribution >= 4 is 57.9 Å². The zero-order valence-electron chi connectivity index (χ0n) is 12.9. The molecule has 1 saturated heterocycles. The number of amides is 1. The number of benzene rings is 1. The summed E-state index contributed by atoms with van der Waals surface area (Å²) in [6.45, 7) is 1.42. The van der Waals surface area contributed by atoms with Crippen molar-refractivity contribution in [1.29, 1.82) is 0 Å². The van der Waals surface area contributed by atoms with Gasteiger partial charge in [-0.25, -0.2) is 4.79 Å². The Labute approximate surface area is 158 Å². The van der Waals surface area contributed by atoms with Crippen LogP contribution in [0, 0.1) is 0 Å². The van der Waals surface area contributed by atoms with Gasteiger partial charge >= 0.3 is 5.97 Å². The molecule has 5 nitrogen and oxygen atoms in total. The van der Waals surface area contributed by atoms with E-state index in [-0.39, 0.29) is 4.32 Å². The molecule has 25 heavy (non-hydrogen) atoms. The fraction of sp³-hybridized carbons (Fsp3) is 0.118. The number of thiocarbonyl (C=S) groups is 1. The van der Waals surface area contributed by atoms with Crippen LogP contribution in [0.4, 0.5) is 0 Å². The maximum atomic E-state index is 12.4. The highest BCUT2D eigenvalue weighted by molar-refractivity contribution is 8.26. The molecule has 1 fully saturated rings. The molecular weight excluding hydrogens is 382 g/mol. The number of carbonyl (C=O) groups excluding carboxylic acids is 1. The van der Waals surface area contributed by atoms with E-state index in [0.717, 1.165) is 22.2 Å². The number of halogens is 1. The van der Waals surface area contributed by atoms with Crippen LogP contribution in [0.2, 0.25) is 5.02 Å². The molecule has 1 atom stereocenters. The molecule has 0 saturated carbocycles. The van der Waals surface area contributed by atoms with E-state index in [9.17, 15) is 9.59 Å². The topological polar surface area (TPSA) is 70.8 Å². The van der Waals surface area contributed by atoms with Crippen molar-refractivity contribution in [1.82, 2.24) is 4.90 Å². The highest BCUT2D eigenvalue weighted by Crippen LogP contribution is 2.35. The molecule has 128 valence electrons. The van der Waals surface area contributed by atoms with Gasteiger partial charge in [0.25, 0.3) is 5.91 Å². The van der Waals surface area contributed by atoms with Crippen LogP contribution in [0.5, 0.6) is 0 Å². The first-order chi connectivity index (χ1) is 11.9. The Hall–Kier alpha value is -2.09. The molecule has 3 rings (SSSR count). The summed E-state index contributed by atoms with van der Waals surface area (Å²) >= 11 is 12.3. The SMILES string of the molecule is C[C@H](C(=O)O)N1C(=O)/C(=C\c2ccc(-c3ccccc3Cl)o2)SC1=S. The van der Waals surface area contributed by atoms with E-state index in [1.807, 2.05) is 18.2 Å². The van der Waals surface area contributed by atoms with Gasteiger partial charge in [0.1, 0.15) is 21.9 Å². The minimum Gasteiger partial charge on any atom is -0.480 e. The van der Waals surface area contributed by atoms with Crippen LogP contribution in [-0.2, 0) is 9.59 Å². The molecule has 0 spiro atoms. The Balaban J connectivity index is 1.88. The summed E-state index contributed by atoms with van der Waals surface area (Å²) in [4.78, 5) is 24.9. The van der Waals surface area contributed by atoms with Crippen molar-refractivity contribution in [2.45, 2.75) is 13.0 Å². The Morgan fingerprint density at radius 3 is 2.76 bits per heavy atom.